The zero-order valence-electron chi connectivity index (χ0n) is 14.1. The Balaban J connectivity index is 2.40. The van der Waals surface area contributed by atoms with E-state index in [0.29, 0.717) is 18.2 Å². The van der Waals surface area contributed by atoms with Crippen molar-refractivity contribution in [1.82, 2.24) is 15.1 Å². The van der Waals surface area contributed by atoms with Crippen LogP contribution in [0.25, 0.3) is 5.69 Å². The van der Waals surface area contributed by atoms with Crippen LogP contribution in [0, 0.1) is 26.7 Å². The summed E-state index contributed by atoms with van der Waals surface area (Å²) in [5.74, 6) is 0.548. The molecule has 0 saturated heterocycles. The van der Waals surface area contributed by atoms with Gasteiger partial charge in [0.1, 0.15) is 5.69 Å². The van der Waals surface area contributed by atoms with Crippen molar-refractivity contribution < 1.29 is 0 Å². The summed E-state index contributed by atoms with van der Waals surface area (Å²) in [6.07, 6.45) is 0. The van der Waals surface area contributed by atoms with E-state index < -0.39 is 0 Å². The molecule has 0 unspecified atom stereocenters. The van der Waals surface area contributed by atoms with E-state index in [0.717, 1.165) is 23.5 Å². The average molecular weight is 299 g/mol. The summed E-state index contributed by atoms with van der Waals surface area (Å²) in [6.45, 7) is 11.7. The first-order chi connectivity index (χ1) is 10.4. The molecule has 0 radical (unpaired) electrons. The van der Waals surface area contributed by atoms with Crippen molar-refractivity contribution in [2.24, 2.45) is 5.92 Å². The van der Waals surface area contributed by atoms with Crippen LogP contribution in [0.2, 0.25) is 0 Å². The van der Waals surface area contributed by atoms with Gasteiger partial charge in [-0.25, -0.2) is 4.68 Å². The van der Waals surface area contributed by atoms with Gasteiger partial charge in [0.2, 0.25) is 5.43 Å². The minimum absolute atomic E-state index is 0.00434. The molecule has 0 aliphatic rings. The van der Waals surface area contributed by atoms with E-state index in [-0.39, 0.29) is 5.43 Å². The van der Waals surface area contributed by atoms with E-state index in [9.17, 15) is 4.79 Å². The number of aryl methyl sites for hydroxylation is 3. The van der Waals surface area contributed by atoms with Crippen LogP contribution in [0.3, 0.4) is 0 Å². The molecule has 0 aliphatic heterocycles. The maximum Gasteiger partial charge on any atom is 0.204 e. The van der Waals surface area contributed by atoms with Crippen LogP contribution < -0.4 is 10.7 Å². The monoisotopic (exact) mass is 299 g/mol. The molecule has 118 valence electrons. The van der Waals surface area contributed by atoms with E-state index in [2.05, 4.69) is 56.3 Å². The van der Waals surface area contributed by atoms with Gasteiger partial charge < -0.3 is 5.32 Å². The molecule has 0 spiro atoms. The molecule has 0 amide bonds. The maximum atomic E-state index is 12.1. The molecule has 0 atom stereocenters. The lowest BCUT2D eigenvalue weighted by molar-refractivity contribution is 0.541. The number of nitrogens with one attached hydrogen (secondary N) is 1. The highest BCUT2D eigenvalue weighted by molar-refractivity contribution is 5.43. The molecule has 1 heterocycles. The second kappa shape index (κ2) is 6.88. The summed E-state index contributed by atoms with van der Waals surface area (Å²) in [5, 5.41) is 7.87. The molecule has 4 nitrogen and oxygen atoms in total. The topological polar surface area (TPSA) is 46.9 Å². The maximum absolute atomic E-state index is 12.1. The molecule has 2 aromatic rings. The lowest BCUT2D eigenvalue weighted by atomic mass is 10.1. The number of nitrogens with zero attached hydrogens (tertiary/aromatic N) is 2. The SMILES string of the molecule is Cc1ccc(C)c(-n2nc(CNCC(C)C)c(=O)cc2C)c1. The van der Waals surface area contributed by atoms with Crippen LogP contribution in [0.5, 0.6) is 0 Å². The van der Waals surface area contributed by atoms with Crippen molar-refractivity contribution in [2.45, 2.75) is 41.2 Å². The van der Waals surface area contributed by atoms with Gasteiger partial charge in [0.15, 0.2) is 0 Å². The van der Waals surface area contributed by atoms with Crippen molar-refractivity contribution in [3.8, 4) is 5.69 Å². The first-order valence-electron chi connectivity index (χ1n) is 7.76. The second-order valence-corrected chi connectivity index (χ2v) is 6.32. The Morgan fingerprint density at radius 1 is 1.18 bits per heavy atom. The van der Waals surface area contributed by atoms with E-state index in [1.165, 1.54) is 5.56 Å². The Morgan fingerprint density at radius 2 is 1.91 bits per heavy atom. The Hall–Kier alpha value is -1.94. The highest BCUT2D eigenvalue weighted by atomic mass is 16.1. The predicted molar refractivity (Wildman–Crippen MR) is 90.6 cm³/mol. The normalized spacial score (nSPS) is 11.2. The van der Waals surface area contributed by atoms with Gasteiger partial charge in [0.25, 0.3) is 0 Å². The third-order valence-corrected chi connectivity index (χ3v) is 3.62. The first-order valence-corrected chi connectivity index (χ1v) is 7.76. The van der Waals surface area contributed by atoms with Crippen molar-refractivity contribution in [3.63, 3.8) is 0 Å². The third-order valence-electron chi connectivity index (χ3n) is 3.62. The van der Waals surface area contributed by atoms with Gasteiger partial charge in [-0.2, -0.15) is 5.10 Å². The molecule has 1 aromatic heterocycles. The minimum atomic E-state index is -0.00434. The predicted octanol–water partition coefficient (Wildman–Crippen LogP) is 2.90. The Kier molecular flexibility index (Phi) is 5.14. The second-order valence-electron chi connectivity index (χ2n) is 6.32. The lowest BCUT2D eigenvalue weighted by Crippen LogP contribution is -2.26. The van der Waals surface area contributed by atoms with Crippen molar-refractivity contribution in [1.29, 1.82) is 0 Å². The molecule has 4 heteroatoms. The summed E-state index contributed by atoms with van der Waals surface area (Å²) in [4.78, 5) is 12.1. The number of hydrogen-bond acceptors (Lipinski definition) is 3. The van der Waals surface area contributed by atoms with Crippen molar-refractivity contribution in [3.05, 3.63) is 57.0 Å². The summed E-state index contributed by atoms with van der Waals surface area (Å²) < 4.78 is 1.87. The van der Waals surface area contributed by atoms with E-state index >= 15 is 0 Å². The van der Waals surface area contributed by atoms with Crippen LogP contribution in [0.1, 0.15) is 36.4 Å². The molecule has 2 rings (SSSR count). The third kappa shape index (κ3) is 3.83. The van der Waals surface area contributed by atoms with Crippen LogP contribution in [0.15, 0.2) is 29.1 Å². The van der Waals surface area contributed by atoms with E-state index in [4.69, 9.17) is 0 Å². The quantitative estimate of drug-likeness (QED) is 0.923. The van der Waals surface area contributed by atoms with Crippen LogP contribution in [-0.2, 0) is 6.54 Å². The molecule has 0 aliphatic carbocycles. The lowest BCUT2D eigenvalue weighted by Gasteiger charge is -2.15. The highest BCUT2D eigenvalue weighted by Gasteiger charge is 2.09. The van der Waals surface area contributed by atoms with E-state index in [1.807, 2.05) is 11.6 Å². The zero-order valence-corrected chi connectivity index (χ0v) is 14.1. The fourth-order valence-corrected chi connectivity index (χ4v) is 2.38. The summed E-state index contributed by atoms with van der Waals surface area (Å²) in [7, 11) is 0. The average Bonchev–Trinajstić information content (AvgIpc) is 2.44. The number of aromatic nitrogens is 2. The summed E-state index contributed by atoms with van der Waals surface area (Å²) >= 11 is 0. The number of benzene rings is 1. The van der Waals surface area contributed by atoms with Gasteiger partial charge >= 0.3 is 0 Å². The van der Waals surface area contributed by atoms with Gasteiger partial charge in [0, 0.05) is 18.3 Å². The zero-order chi connectivity index (χ0) is 16.3. The molecule has 1 N–H and O–H groups in total. The smallest absolute Gasteiger partial charge is 0.204 e. The van der Waals surface area contributed by atoms with Crippen LogP contribution in [-0.4, -0.2) is 16.3 Å². The van der Waals surface area contributed by atoms with Gasteiger partial charge in [-0.05, 0) is 50.4 Å². The Morgan fingerprint density at radius 3 is 2.59 bits per heavy atom. The Labute approximate surface area is 132 Å². The fourth-order valence-electron chi connectivity index (χ4n) is 2.38. The minimum Gasteiger partial charge on any atom is -0.311 e. The first kappa shape index (κ1) is 16.4. The molecule has 1 aromatic carbocycles. The summed E-state index contributed by atoms with van der Waals surface area (Å²) in [6, 6.07) is 7.94. The Bertz CT molecular complexity index is 717. The molecule has 22 heavy (non-hydrogen) atoms. The highest BCUT2D eigenvalue weighted by Crippen LogP contribution is 2.16. The molecule has 0 bridgehead atoms. The molecule has 0 saturated carbocycles. The van der Waals surface area contributed by atoms with Gasteiger partial charge in [-0.1, -0.05) is 26.0 Å². The largest absolute Gasteiger partial charge is 0.311 e. The van der Waals surface area contributed by atoms with Crippen LogP contribution >= 0.6 is 0 Å². The van der Waals surface area contributed by atoms with Crippen molar-refractivity contribution >= 4 is 0 Å². The van der Waals surface area contributed by atoms with Crippen LogP contribution in [0.4, 0.5) is 0 Å². The fraction of sp³-hybridized carbons (Fsp3) is 0.444. The summed E-state index contributed by atoms with van der Waals surface area (Å²) in [5.41, 5.74) is 4.77. The van der Waals surface area contributed by atoms with Gasteiger partial charge in [-0.3, -0.25) is 4.79 Å². The van der Waals surface area contributed by atoms with Crippen molar-refractivity contribution in [2.75, 3.05) is 6.54 Å². The van der Waals surface area contributed by atoms with Gasteiger partial charge in [0.05, 0.1) is 5.69 Å². The molecule has 0 fully saturated rings. The van der Waals surface area contributed by atoms with E-state index in [1.54, 1.807) is 6.07 Å². The number of rotatable bonds is 5. The molecular weight excluding hydrogens is 274 g/mol. The van der Waals surface area contributed by atoms with Gasteiger partial charge in [-0.15, -0.1) is 0 Å². The standard InChI is InChI=1S/C18H25N3O/c1-12(2)10-19-11-16-18(22)9-15(5)21(20-16)17-8-13(3)6-7-14(17)4/h6-9,12,19H,10-11H2,1-5H3. The molecular formula is C18H25N3O. The number of hydrogen-bond donors (Lipinski definition) is 1.